The van der Waals surface area contributed by atoms with E-state index in [0.717, 1.165) is 26.6 Å². The van der Waals surface area contributed by atoms with E-state index in [0.29, 0.717) is 11.4 Å². The molecule has 3 aromatic carbocycles. The lowest BCUT2D eigenvalue weighted by Crippen LogP contribution is -2.52. The van der Waals surface area contributed by atoms with Crippen LogP contribution in [0.1, 0.15) is 43.0 Å². The molecule has 0 aliphatic carbocycles. The highest BCUT2D eigenvalue weighted by Crippen LogP contribution is 2.27. The molecule has 0 spiro atoms. The van der Waals surface area contributed by atoms with Crippen LogP contribution in [0.15, 0.2) is 71.6 Å². The normalized spacial score (nSPS) is 12.1. The second-order valence-corrected chi connectivity index (χ2v) is 12.2. The summed E-state index contributed by atoms with van der Waals surface area (Å²) in [7, 11) is -2.56. The number of aryl methyl sites for hydroxylation is 3. The van der Waals surface area contributed by atoms with Crippen molar-refractivity contribution in [3.05, 3.63) is 89.0 Å². The Kier molecular flexibility index (Phi) is 9.98. The number of benzene rings is 3. The average molecular weight is 566 g/mol. The molecule has 3 rings (SSSR count). The van der Waals surface area contributed by atoms with E-state index in [1.54, 1.807) is 56.5 Å². The van der Waals surface area contributed by atoms with Crippen LogP contribution in [-0.4, -0.2) is 50.9 Å². The van der Waals surface area contributed by atoms with Gasteiger partial charge in [-0.05, 0) is 94.6 Å². The van der Waals surface area contributed by atoms with Gasteiger partial charge in [0, 0.05) is 12.6 Å². The molecule has 40 heavy (non-hydrogen) atoms. The molecule has 8 nitrogen and oxygen atoms in total. The second-order valence-electron chi connectivity index (χ2n) is 10.3. The zero-order valence-electron chi connectivity index (χ0n) is 24.3. The average Bonchev–Trinajstić information content (AvgIpc) is 2.91. The molecule has 214 valence electrons. The van der Waals surface area contributed by atoms with Gasteiger partial charge in [-0.15, -0.1) is 0 Å². The van der Waals surface area contributed by atoms with E-state index in [-0.39, 0.29) is 23.4 Å². The highest BCUT2D eigenvalue weighted by Gasteiger charge is 2.32. The molecule has 0 unspecified atom stereocenters. The summed E-state index contributed by atoms with van der Waals surface area (Å²) in [6.07, 6.45) is 0. The van der Waals surface area contributed by atoms with Crippen LogP contribution in [0.25, 0.3) is 0 Å². The van der Waals surface area contributed by atoms with Gasteiger partial charge >= 0.3 is 0 Å². The van der Waals surface area contributed by atoms with Crippen LogP contribution in [0, 0.1) is 20.8 Å². The molecular formula is C31H39N3O5S. The van der Waals surface area contributed by atoms with E-state index in [4.69, 9.17) is 4.74 Å². The van der Waals surface area contributed by atoms with Gasteiger partial charge in [-0.1, -0.05) is 35.9 Å². The lowest BCUT2D eigenvalue weighted by molar-refractivity contribution is -0.139. The quantitative estimate of drug-likeness (QED) is 0.362. The van der Waals surface area contributed by atoms with Crippen LogP contribution >= 0.6 is 0 Å². The predicted molar refractivity (Wildman–Crippen MR) is 158 cm³/mol. The van der Waals surface area contributed by atoms with Gasteiger partial charge in [-0.2, -0.15) is 0 Å². The number of hydrogen-bond donors (Lipinski definition) is 1. The van der Waals surface area contributed by atoms with Crippen molar-refractivity contribution in [1.82, 2.24) is 10.2 Å². The first-order chi connectivity index (χ1) is 18.8. The SMILES string of the molecule is COc1cccc(CN(C(=O)CN(c2ccc(C)c(C)c2)S(=O)(=O)c2ccc(C)cc2)[C@H](C)C(=O)NC(C)C)c1. The predicted octanol–water partition coefficient (Wildman–Crippen LogP) is 4.76. The molecule has 0 aliphatic rings. The number of hydrogen-bond acceptors (Lipinski definition) is 5. The molecular weight excluding hydrogens is 526 g/mol. The van der Waals surface area contributed by atoms with Crippen molar-refractivity contribution >= 4 is 27.5 Å². The summed E-state index contributed by atoms with van der Waals surface area (Å²) < 4.78 is 34.4. The number of anilines is 1. The van der Waals surface area contributed by atoms with Crippen LogP contribution in [0.4, 0.5) is 5.69 Å². The lowest BCUT2D eigenvalue weighted by atomic mass is 10.1. The third-order valence-corrected chi connectivity index (χ3v) is 8.54. The van der Waals surface area contributed by atoms with Crippen LogP contribution in [0.3, 0.4) is 0 Å². The molecule has 0 heterocycles. The van der Waals surface area contributed by atoms with Crippen molar-refractivity contribution in [2.45, 2.75) is 65.1 Å². The maximum Gasteiger partial charge on any atom is 0.264 e. The van der Waals surface area contributed by atoms with E-state index in [2.05, 4.69) is 5.32 Å². The monoisotopic (exact) mass is 565 g/mol. The van der Waals surface area contributed by atoms with E-state index in [1.807, 2.05) is 46.8 Å². The van der Waals surface area contributed by atoms with Crippen LogP contribution < -0.4 is 14.4 Å². The van der Waals surface area contributed by atoms with Gasteiger partial charge in [0.1, 0.15) is 18.3 Å². The van der Waals surface area contributed by atoms with Crippen LogP contribution in [-0.2, 0) is 26.2 Å². The number of nitrogens with zero attached hydrogens (tertiary/aromatic N) is 2. The summed E-state index contributed by atoms with van der Waals surface area (Å²) in [5.41, 5.74) is 3.93. The molecule has 2 amide bonds. The molecule has 3 aromatic rings. The van der Waals surface area contributed by atoms with Gasteiger partial charge in [-0.3, -0.25) is 13.9 Å². The summed E-state index contributed by atoms with van der Waals surface area (Å²) >= 11 is 0. The third kappa shape index (κ3) is 7.41. The summed E-state index contributed by atoms with van der Waals surface area (Å²) in [6.45, 7) is 10.6. The van der Waals surface area contributed by atoms with Crippen molar-refractivity contribution in [1.29, 1.82) is 0 Å². The maximum atomic E-state index is 14.0. The first-order valence-corrected chi connectivity index (χ1v) is 14.7. The topological polar surface area (TPSA) is 96.0 Å². The zero-order chi connectivity index (χ0) is 29.6. The molecule has 9 heteroatoms. The summed E-state index contributed by atoms with van der Waals surface area (Å²) in [5.74, 6) is -0.226. The Bertz CT molecular complexity index is 1450. The Labute approximate surface area is 238 Å². The van der Waals surface area contributed by atoms with E-state index in [9.17, 15) is 18.0 Å². The van der Waals surface area contributed by atoms with Gasteiger partial charge in [0.15, 0.2) is 0 Å². The first kappa shape index (κ1) is 30.7. The van der Waals surface area contributed by atoms with E-state index >= 15 is 0 Å². The maximum absolute atomic E-state index is 14.0. The van der Waals surface area contributed by atoms with Gasteiger partial charge in [0.2, 0.25) is 11.8 Å². The second kappa shape index (κ2) is 13.0. The number of rotatable bonds is 11. The standard InChI is InChI=1S/C31H39N3O5S/c1-21(2)32-31(36)25(6)33(19-26-9-8-10-28(18-26)39-7)30(35)20-34(27-14-13-23(4)24(5)17-27)40(37,38)29-15-11-22(3)12-16-29/h8-18,21,25H,19-20H2,1-7H3,(H,32,36)/t25-/m1/s1. The smallest absolute Gasteiger partial charge is 0.264 e. The number of methoxy groups -OCH3 is 1. The van der Waals surface area contributed by atoms with E-state index in [1.165, 1.54) is 17.0 Å². The number of carbonyl (C=O) groups excluding carboxylic acids is 2. The molecule has 0 aliphatic heterocycles. The minimum absolute atomic E-state index is 0.0778. The van der Waals surface area contributed by atoms with Gasteiger partial charge in [0.25, 0.3) is 10.0 Å². The van der Waals surface area contributed by atoms with Crippen molar-refractivity contribution in [2.24, 2.45) is 0 Å². The van der Waals surface area contributed by atoms with Crippen LogP contribution in [0.2, 0.25) is 0 Å². The first-order valence-electron chi connectivity index (χ1n) is 13.2. The fourth-order valence-electron chi connectivity index (χ4n) is 4.20. The zero-order valence-corrected chi connectivity index (χ0v) is 25.1. The summed E-state index contributed by atoms with van der Waals surface area (Å²) in [4.78, 5) is 28.5. The Morgan fingerprint density at radius 1 is 0.900 bits per heavy atom. The fraction of sp³-hybridized carbons (Fsp3) is 0.355. The summed E-state index contributed by atoms with van der Waals surface area (Å²) in [6, 6.07) is 18.0. The van der Waals surface area contributed by atoms with E-state index < -0.39 is 28.5 Å². The lowest BCUT2D eigenvalue weighted by Gasteiger charge is -2.32. The molecule has 1 N–H and O–H groups in total. The minimum atomic E-state index is -4.11. The Morgan fingerprint density at radius 2 is 1.57 bits per heavy atom. The third-order valence-electron chi connectivity index (χ3n) is 6.75. The highest BCUT2D eigenvalue weighted by atomic mass is 32.2. The summed E-state index contributed by atoms with van der Waals surface area (Å²) in [5, 5.41) is 2.86. The van der Waals surface area contributed by atoms with Gasteiger partial charge < -0.3 is 15.0 Å². The molecule has 0 bridgehead atoms. The van der Waals surface area contributed by atoms with Crippen molar-refractivity contribution in [3.8, 4) is 5.75 Å². The molecule has 0 radical (unpaired) electrons. The Hall–Kier alpha value is -3.85. The molecule has 1 atom stereocenters. The van der Waals surface area contributed by atoms with Crippen molar-refractivity contribution in [3.63, 3.8) is 0 Å². The molecule has 0 saturated carbocycles. The Morgan fingerprint density at radius 3 is 2.17 bits per heavy atom. The Balaban J connectivity index is 2.06. The molecule has 0 aromatic heterocycles. The molecule has 0 saturated heterocycles. The van der Waals surface area contributed by atoms with Crippen molar-refractivity contribution < 1.29 is 22.7 Å². The van der Waals surface area contributed by atoms with Crippen molar-refractivity contribution in [2.75, 3.05) is 18.0 Å². The number of ether oxygens (including phenoxy) is 1. The number of nitrogens with one attached hydrogen (secondary N) is 1. The van der Waals surface area contributed by atoms with Gasteiger partial charge in [0.05, 0.1) is 17.7 Å². The van der Waals surface area contributed by atoms with Crippen LogP contribution in [0.5, 0.6) is 5.75 Å². The highest BCUT2D eigenvalue weighted by molar-refractivity contribution is 7.92. The number of amides is 2. The fourth-order valence-corrected chi connectivity index (χ4v) is 5.61. The van der Waals surface area contributed by atoms with Gasteiger partial charge in [-0.25, -0.2) is 8.42 Å². The molecule has 0 fully saturated rings. The number of sulfonamides is 1. The number of carbonyl (C=O) groups is 2. The largest absolute Gasteiger partial charge is 0.497 e. The minimum Gasteiger partial charge on any atom is -0.497 e.